The van der Waals surface area contributed by atoms with Crippen LogP contribution in [0.5, 0.6) is 0 Å². The summed E-state index contributed by atoms with van der Waals surface area (Å²) in [6.45, 7) is 5.19. The summed E-state index contributed by atoms with van der Waals surface area (Å²) in [4.78, 5) is 29.5. The molecule has 3 rings (SSSR count). The third kappa shape index (κ3) is 4.53. The van der Waals surface area contributed by atoms with E-state index in [9.17, 15) is 9.59 Å². The van der Waals surface area contributed by atoms with Crippen molar-refractivity contribution in [3.05, 3.63) is 71.8 Å². The van der Waals surface area contributed by atoms with E-state index in [2.05, 4.69) is 29.5 Å². The Labute approximate surface area is 158 Å². The summed E-state index contributed by atoms with van der Waals surface area (Å²) in [5.74, 6) is 0.127. The van der Waals surface area contributed by atoms with Gasteiger partial charge in [0.2, 0.25) is 5.82 Å². The normalized spacial score (nSPS) is 10.9. The lowest BCUT2D eigenvalue weighted by Crippen LogP contribution is -2.27. The number of hydrogen-bond acceptors (Lipinski definition) is 3. The van der Waals surface area contributed by atoms with E-state index in [4.69, 9.17) is 0 Å². The van der Waals surface area contributed by atoms with E-state index in [1.165, 1.54) is 0 Å². The van der Waals surface area contributed by atoms with Gasteiger partial charge in [0.1, 0.15) is 0 Å². The van der Waals surface area contributed by atoms with Gasteiger partial charge in [-0.25, -0.2) is 4.98 Å². The van der Waals surface area contributed by atoms with Gasteiger partial charge in [0.25, 0.3) is 11.8 Å². The second-order valence-corrected chi connectivity index (χ2v) is 6.85. The van der Waals surface area contributed by atoms with Crippen molar-refractivity contribution in [1.29, 1.82) is 0 Å². The molecule has 0 aliphatic rings. The number of nitrogens with zero attached hydrogens (tertiary/aromatic N) is 2. The van der Waals surface area contributed by atoms with E-state index in [0.717, 1.165) is 12.0 Å². The van der Waals surface area contributed by atoms with Gasteiger partial charge >= 0.3 is 0 Å². The molecule has 0 spiro atoms. The second kappa shape index (κ2) is 8.49. The molecule has 27 heavy (non-hydrogen) atoms. The minimum atomic E-state index is -0.318. The molecule has 0 aliphatic carbocycles. The Hall–Kier alpha value is -3.15. The van der Waals surface area contributed by atoms with Gasteiger partial charge in [-0.1, -0.05) is 50.2 Å². The van der Waals surface area contributed by atoms with Gasteiger partial charge < -0.3 is 10.6 Å². The van der Waals surface area contributed by atoms with Crippen molar-refractivity contribution >= 4 is 17.3 Å². The average molecular weight is 364 g/mol. The van der Waals surface area contributed by atoms with Crippen LogP contribution in [-0.4, -0.2) is 27.7 Å². The Morgan fingerprint density at radius 3 is 2.48 bits per heavy atom. The lowest BCUT2D eigenvalue weighted by atomic mass is 10.1. The average Bonchev–Trinajstić information content (AvgIpc) is 3.06. The number of nitrogens with one attached hydrogen (secondary N) is 2. The largest absolute Gasteiger partial charge is 0.351 e. The predicted molar refractivity (Wildman–Crippen MR) is 105 cm³/mol. The molecule has 0 unspecified atom stereocenters. The van der Waals surface area contributed by atoms with Gasteiger partial charge in [0.05, 0.1) is 5.52 Å². The summed E-state index contributed by atoms with van der Waals surface area (Å²) >= 11 is 0. The number of amides is 2. The molecular weight excluding hydrogens is 340 g/mol. The van der Waals surface area contributed by atoms with Crippen molar-refractivity contribution in [3.8, 4) is 0 Å². The lowest BCUT2D eigenvalue weighted by Gasteiger charge is -2.05. The summed E-state index contributed by atoms with van der Waals surface area (Å²) in [7, 11) is 0. The Balaban J connectivity index is 1.79. The van der Waals surface area contributed by atoms with Crippen molar-refractivity contribution < 1.29 is 9.59 Å². The van der Waals surface area contributed by atoms with Gasteiger partial charge in [0, 0.05) is 19.3 Å². The maximum atomic E-state index is 12.6. The van der Waals surface area contributed by atoms with E-state index < -0.39 is 0 Å². The molecule has 0 saturated carbocycles. The summed E-state index contributed by atoms with van der Waals surface area (Å²) in [5.41, 5.74) is 1.88. The number of hydrogen-bond donors (Lipinski definition) is 2. The molecule has 3 aromatic rings. The highest BCUT2D eigenvalue weighted by molar-refractivity contribution is 6.02. The van der Waals surface area contributed by atoms with Crippen LogP contribution < -0.4 is 10.6 Å². The van der Waals surface area contributed by atoms with Crippen molar-refractivity contribution in [2.24, 2.45) is 5.92 Å². The number of carbonyl (C=O) groups is 2. The first-order valence-corrected chi connectivity index (χ1v) is 9.13. The standard InChI is InChI=1S/C21H24N4O2/c1-15(2)11-12-22-20(26)18-17-10-6-7-13-25(17)19(24-18)21(27)23-14-16-8-4-3-5-9-16/h3-10,13,15H,11-12,14H2,1-2H3,(H,22,26)(H,23,27). The molecule has 6 nitrogen and oxygen atoms in total. The molecule has 1 aromatic carbocycles. The number of benzene rings is 1. The van der Waals surface area contributed by atoms with E-state index in [1.54, 1.807) is 16.7 Å². The maximum absolute atomic E-state index is 12.6. The van der Waals surface area contributed by atoms with Crippen molar-refractivity contribution in [1.82, 2.24) is 20.0 Å². The topological polar surface area (TPSA) is 75.5 Å². The number of fused-ring (bicyclic) bond motifs is 1. The summed E-state index contributed by atoms with van der Waals surface area (Å²) in [5, 5.41) is 5.75. The van der Waals surface area contributed by atoms with Crippen LogP contribution in [0, 0.1) is 5.92 Å². The van der Waals surface area contributed by atoms with Gasteiger partial charge in [-0.05, 0) is 30.0 Å². The second-order valence-electron chi connectivity index (χ2n) is 6.85. The zero-order valence-electron chi connectivity index (χ0n) is 15.6. The van der Waals surface area contributed by atoms with Crippen molar-refractivity contribution in [3.63, 3.8) is 0 Å². The van der Waals surface area contributed by atoms with Crippen LogP contribution in [0.15, 0.2) is 54.7 Å². The number of aromatic nitrogens is 2. The molecule has 2 aromatic heterocycles. The maximum Gasteiger partial charge on any atom is 0.287 e. The summed E-state index contributed by atoms with van der Waals surface area (Å²) < 4.78 is 1.65. The Bertz CT molecular complexity index is 932. The van der Waals surface area contributed by atoms with E-state index in [0.29, 0.717) is 24.5 Å². The van der Waals surface area contributed by atoms with Crippen LogP contribution in [0.4, 0.5) is 0 Å². The first kappa shape index (κ1) is 18.6. The highest BCUT2D eigenvalue weighted by atomic mass is 16.2. The fraction of sp³-hybridized carbons (Fsp3) is 0.286. The molecule has 0 aliphatic heterocycles. The molecule has 0 saturated heterocycles. The number of imidazole rings is 1. The zero-order chi connectivity index (χ0) is 19.2. The van der Waals surface area contributed by atoms with Crippen molar-refractivity contribution in [2.75, 3.05) is 6.54 Å². The predicted octanol–water partition coefficient (Wildman–Crippen LogP) is 3.04. The molecular formula is C21H24N4O2. The van der Waals surface area contributed by atoms with E-state index in [1.807, 2.05) is 42.5 Å². The van der Waals surface area contributed by atoms with Crippen LogP contribution in [0.2, 0.25) is 0 Å². The fourth-order valence-electron chi connectivity index (χ4n) is 2.78. The van der Waals surface area contributed by atoms with Gasteiger partial charge in [0.15, 0.2) is 5.69 Å². The smallest absolute Gasteiger partial charge is 0.287 e. The summed E-state index contributed by atoms with van der Waals surface area (Å²) in [6, 6.07) is 15.1. The molecule has 0 bridgehead atoms. The fourth-order valence-corrected chi connectivity index (χ4v) is 2.78. The molecule has 2 amide bonds. The molecule has 0 radical (unpaired) electrons. The van der Waals surface area contributed by atoms with Crippen molar-refractivity contribution in [2.45, 2.75) is 26.8 Å². The van der Waals surface area contributed by atoms with Crippen LogP contribution >= 0.6 is 0 Å². The Kier molecular flexibility index (Phi) is 5.86. The lowest BCUT2D eigenvalue weighted by molar-refractivity contribution is 0.0939. The Morgan fingerprint density at radius 1 is 1.00 bits per heavy atom. The first-order chi connectivity index (χ1) is 13.1. The third-order valence-corrected chi connectivity index (χ3v) is 4.27. The molecule has 2 heterocycles. The van der Waals surface area contributed by atoms with Crippen LogP contribution in [-0.2, 0) is 6.54 Å². The Morgan fingerprint density at radius 2 is 1.74 bits per heavy atom. The van der Waals surface area contributed by atoms with Gasteiger partial charge in [-0.2, -0.15) is 0 Å². The highest BCUT2D eigenvalue weighted by Gasteiger charge is 2.21. The van der Waals surface area contributed by atoms with E-state index in [-0.39, 0.29) is 23.3 Å². The first-order valence-electron chi connectivity index (χ1n) is 9.13. The number of pyridine rings is 1. The molecule has 0 fully saturated rings. The minimum absolute atomic E-state index is 0.204. The van der Waals surface area contributed by atoms with Crippen LogP contribution in [0.1, 0.15) is 46.9 Å². The molecule has 2 N–H and O–H groups in total. The monoisotopic (exact) mass is 364 g/mol. The number of rotatable bonds is 7. The quantitative estimate of drug-likeness (QED) is 0.677. The van der Waals surface area contributed by atoms with Crippen LogP contribution in [0.3, 0.4) is 0 Å². The third-order valence-electron chi connectivity index (χ3n) is 4.27. The number of carbonyl (C=O) groups excluding carboxylic acids is 2. The van der Waals surface area contributed by atoms with Crippen LogP contribution in [0.25, 0.3) is 5.52 Å². The highest BCUT2D eigenvalue weighted by Crippen LogP contribution is 2.14. The SMILES string of the molecule is CC(C)CCNC(=O)c1nc(C(=O)NCc2ccccc2)n2ccccc12. The summed E-state index contributed by atoms with van der Waals surface area (Å²) in [6.07, 6.45) is 2.63. The van der Waals surface area contributed by atoms with E-state index >= 15 is 0 Å². The van der Waals surface area contributed by atoms with Gasteiger partial charge in [-0.15, -0.1) is 0 Å². The molecule has 6 heteroatoms. The molecule has 0 atom stereocenters. The molecule has 140 valence electrons. The van der Waals surface area contributed by atoms with Gasteiger partial charge in [-0.3, -0.25) is 14.0 Å². The zero-order valence-corrected chi connectivity index (χ0v) is 15.6. The minimum Gasteiger partial charge on any atom is -0.351 e.